The number of hydrogen-bond donors (Lipinski definition) is 0. The first kappa shape index (κ1) is 22.3. The smallest absolute Gasteiger partial charge is 0.308 e. The Hall–Kier alpha value is -0.753. The van der Waals surface area contributed by atoms with Gasteiger partial charge in [0.2, 0.25) is 9.04 Å². The van der Waals surface area contributed by atoms with Crippen LogP contribution in [0.15, 0.2) is 10.7 Å². The second kappa shape index (κ2) is 9.81. The lowest BCUT2D eigenvalue weighted by Crippen LogP contribution is -2.24. The molecule has 0 aromatic carbocycles. The Bertz CT molecular complexity index is 508. The van der Waals surface area contributed by atoms with Crippen molar-refractivity contribution >= 4 is 32.6 Å². The molecule has 0 saturated heterocycles. The van der Waals surface area contributed by atoms with Crippen molar-refractivity contribution in [2.45, 2.75) is 66.5 Å². The number of Topliss-reactive ketones (excluding diaryl/α,β-unsaturated/α-hetero) is 1. The first-order valence-electron chi connectivity index (χ1n) is 9.22. The van der Waals surface area contributed by atoms with Gasteiger partial charge in [0.05, 0.1) is 17.9 Å². The molecule has 2 unspecified atom stereocenters. The number of ether oxygens (including phenoxy) is 1. The monoisotopic (exact) mass is 386 g/mol. The van der Waals surface area contributed by atoms with Crippen LogP contribution in [0.5, 0.6) is 0 Å². The summed E-state index contributed by atoms with van der Waals surface area (Å²) in [5.74, 6) is 2.06. The summed E-state index contributed by atoms with van der Waals surface area (Å²) in [6.07, 6.45) is 3.34. The van der Waals surface area contributed by atoms with Gasteiger partial charge in [0.25, 0.3) is 0 Å². The van der Waals surface area contributed by atoms with Gasteiger partial charge in [0, 0.05) is 12.3 Å². The van der Waals surface area contributed by atoms with Crippen LogP contribution < -0.4 is 0 Å². The molecule has 0 amide bonds. The first-order valence-corrected chi connectivity index (χ1v) is 13.0. The van der Waals surface area contributed by atoms with Crippen molar-refractivity contribution in [3.8, 4) is 0 Å². The van der Waals surface area contributed by atoms with Crippen molar-refractivity contribution in [1.82, 2.24) is 0 Å². The largest absolute Gasteiger partial charge is 0.549 e. The number of thioether (sulfide) groups is 1. The van der Waals surface area contributed by atoms with E-state index in [1.807, 2.05) is 6.92 Å². The van der Waals surface area contributed by atoms with Gasteiger partial charge >= 0.3 is 5.97 Å². The quantitative estimate of drug-likeness (QED) is 0.331. The van der Waals surface area contributed by atoms with Crippen molar-refractivity contribution in [1.29, 1.82) is 0 Å². The van der Waals surface area contributed by atoms with Crippen molar-refractivity contribution in [2.75, 3.05) is 12.9 Å². The Balaban J connectivity index is 2.63. The molecule has 0 bridgehead atoms. The summed E-state index contributed by atoms with van der Waals surface area (Å²) in [5.41, 5.74) is 0.0343. The standard InChI is InChI=1S/C19H34O4SSi/c1-13(18(21)22-5)10-8-9-11-24-17-15(20)12-14(19(2,3)4)16(17)23-25(6)7/h13-14,25H,8-12H2,1-7H3. The molecule has 6 heteroatoms. The van der Waals surface area contributed by atoms with Crippen LogP contribution in [-0.2, 0) is 18.8 Å². The molecule has 25 heavy (non-hydrogen) atoms. The number of methoxy groups -OCH3 is 1. The molecule has 0 saturated carbocycles. The minimum atomic E-state index is -1.25. The van der Waals surface area contributed by atoms with Gasteiger partial charge in [-0.1, -0.05) is 34.1 Å². The fraction of sp³-hybridized carbons (Fsp3) is 0.789. The first-order chi connectivity index (χ1) is 11.6. The highest BCUT2D eigenvalue weighted by atomic mass is 32.2. The van der Waals surface area contributed by atoms with Gasteiger partial charge < -0.3 is 9.16 Å². The van der Waals surface area contributed by atoms with E-state index in [9.17, 15) is 9.59 Å². The minimum absolute atomic E-state index is 0.0343. The maximum Gasteiger partial charge on any atom is 0.308 e. The van der Waals surface area contributed by atoms with Crippen LogP contribution >= 0.6 is 11.8 Å². The van der Waals surface area contributed by atoms with Crippen molar-refractivity contribution in [2.24, 2.45) is 17.3 Å². The van der Waals surface area contributed by atoms with Crippen LogP contribution in [0.3, 0.4) is 0 Å². The summed E-state index contributed by atoms with van der Waals surface area (Å²) >= 11 is 1.64. The van der Waals surface area contributed by atoms with E-state index in [0.717, 1.165) is 35.7 Å². The number of carbonyl (C=O) groups excluding carboxylic acids is 2. The zero-order valence-corrected chi connectivity index (χ0v) is 18.8. The maximum atomic E-state index is 12.5. The highest BCUT2D eigenvalue weighted by Crippen LogP contribution is 2.45. The number of hydrogen-bond acceptors (Lipinski definition) is 5. The predicted molar refractivity (Wildman–Crippen MR) is 107 cm³/mol. The van der Waals surface area contributed by atoms with E-state index in [1.165, 1.54) is 7.11 Å². The van der Waals surface area contributed by atoms with Gasteiger partial charge in [0.1, 0.15) is 5.76 Å². The second-order valence-corrected chi connectivity index (χ2v) is 11.6. The van der Waals surface area contributed by atoms with Crippen LogP contribution in [0.1, 0.15) is 53.4 Å². The Kier molecular flexibility index (Phi) is 8.75. The Morgan fingerprint density at radius 1 is 1.32 bits per heavy atom. The fourth-order valence-corrected chi connectivity index (χ4v) is 4.96. The van der Waals surface area contributed by atoms with E-state index in [-0.39, 0.29) is 29.0 Å². The average Bonchev–Trinajstić information content (AvgIpc) is 2.81. The molecule has 144 valence electrons. The number of esters is 1. The number of carbonyl (C=O) groups is 2. The van der Waals surface area contributed by atoms with Crippen LogP contribution in [0, 0.1) is 17.3 Å². The third-order valence-electron chi connectivity index (χ3n) is 4.47. The summed E-state index contributed by atoms with van der Waals surface area (Å²) < 4.78 is 10.9. The molecule has 0 heterocycles. The summed E-state index contributed by atoms with van der Waals surface area (Å²) in [4.78, 5) is 24.8. The summed E-state index contributed by atoms with van der Waals surface area (Å²) in [6.45, 7) is 12.7. The Morgan fingerprint density at radius 2 is 1.96 bits per heavy atom. The average molecular weight is 387 g/mol. The zero-order valence-electron chi connectivity index (χ0n) is 16.8. The predicted octanol–water partition coefficient (Wildman–Crippen LogP) is 4.55. The van der Waals surface area contributed by atoms with Gasteiger partial charge in [-0.25, -0.2) is 0 Å². The second-order valence-electron chi connectivity index (χ2n) is 8.17. The van der Waals surface area contributed by atoms with Crippen molar-refractivity contribution < 1.29 is 18.8 Å². The lowest BCUT2D eigenvalue weighted by molar-refractivity contribution is -0.145. The molecule has 0 aromatic rings. The van der Waals surface area contributed by atoms with Crippen molar-refractivity contribution in [3.63, 3.8) is 0 Å². The molecule has 0 N–H and O–H groups in total. The summed E-state index contributed by atoms with van der Waals surface area (Å²) in [6, 6.07) is 0. The number of rotatable bonds is 9. The molecule has 4 nitrogen and oxygen atoms in total. The molecule has 0 spiro atoms. The normalized spacial score (nSPS) is 19.5. The van der Waals surface area contributed by atoms with Crippen LogP contribution in [0.2, 0.25) is 13.1 Å². The van der Waals surface area contributed by atoms with E-state index in [4.69, 9.17) is 9.16 Å². The Morgan fingerprint density at radius 3 is 2.48 bits per heavy atom. The lowest BCUT2D eigenvalue weighted by atomic mass is 9.79. The summed E-state index contributed by atoms with van der Waals surface area (Å²) in [5, 5.41) is 0. The molecule has 2 atom stereocenters. The van der Waals surface area contributed by atoms with Gasteiger partial charge in [0.15, 0.2) is 5.78 Å². The highest BCUT2D eigenvalue weighted by Gasteiger charge is 2.40. The number of ketones is 1. The third-order valence-corrected chi connectivity index (χ3v) is 6.41. The molecule has 1 rings (SSSR count). The van der Waals surface area contributed by atoms with Crippen LogP contribution in [-0.4, -0.2) is 33.7 Å². The fourth-order valence-electron chi connectivity index (χ4n) is 2.95. The summed E-state index contributed by atoms with van der Waals surface area (Å²) in [7, 11) is 0.178. The number of allylic oxidation sites excluding steroid dienone is 2. The maximum absolute atomic E-state index is 12.5. The molecular formula is C19H34O4SSi. The van der Waals surface area contributed by atoms with E-state index >= 15 is 0 Å². The molecule has 0 aromatic heterocycles. The zero-order chi connectivity index (χ0) is 19.2. The van der Waals surface area contributed by atoms with Crippen LogP contribution in [0.25, 0.3) is 0 Å². The lowest BCUT2D eigenvalue weighted by Gasteiger charge is -2.30. The molecule has 0 radical (unpaired) electrons. The molecular weight excluding hydrogens is 352 g/mol. The Labute approximate surface area is 158 Å². The van der Waals surface area contributed by atoms with E-state index in [0.29, 0.717) is 6.42 Å². The van der Waals surface area contributed by atoms with Gasteiger partial charge in [-0.05, 0) is 37.1 Å². The molecule has 0 aliphatic heterocycles. The highest BCUT2D eigenvalue weighted by molar-refractivity contribution is 8.04. The van der Waals surface area contributed by atoms with E-state index in [1.54, 1.807) is 11.8 Å². The van der Waals surface area contributed by atoms with Crippen LogP contribution in [0.4, 0.5) is 0 Å². The van der Waals surface area contributed by atoms with E-state index in [2.05, 4.69) is 33.9 Å². The van der Waals surface area contributed by atoms with Gasteiger partial charge in [-0.15, -0.1) is 11.8 Å². The molecule has 0 fully saturated rings. The SMILES string of the molecule is COC(=O)C(C)CCCCSC1=C(O[SiH](C)C)C(C(C)(C)C)CC1=O. The third kappa shape index (κ3) is 6.81. The topological polar surface area (TPSA) is 52.6 Å². The van der Waals surface area contributed by atoms with Gasteiger partial charge in [-0.2, -0.15) is 0 Å². The van der Waals surface area contributed by atoms with Crippen molar-refractivity contribution in [3.05, 3.63) is 10.7 Å². The van der Waals surface area contributed by atoms with Gasteiger partial charge in [-0.3, -0.25) is 9.59 Å². The molecule has 1 aliphatic carbocycles. The number of unbranched alkanes of at least 4 members (excludes halogenated alkanes) is 1. The molecule has 1 aliphatic rings. The minimum Gasteiger partial charge on any atom is -0.549 e. The van der Waals surface area contributed by atoms with E-state index < -0.39 is 9.04 Å².